The molecule has 0 unspecified atom stereocenters. The van der Waals surface area contributed by atoms with Crippen molar-refractivity contribution in [2.45, 2.75) is 12.2 Å². The number of nitrogens with zero attached hydrogens (tertiary/aromatic N) is 1. The van der Waals surface area contributed by atoms with Crippen molar-refractivity contribution >= 4 is 26.6 Å². The third-order valence-electron chi connectivity index (χ3n) is 2.60. The van der Waals surface area contributed by atoms with Crippen LogP contribution in [0.25, 0.3) is 11.1 Å². The highest BCUT2D eigenvalue weighted by Crippen LogP contribution is 2.19. The maximum Gasteiger partial charge on any atom is 0.210 e. The van der Waals surface area contributed by atoms with Gasteiger partial charge in [0.1, 0.15) is 11.3 Å². The molecule has 19 heavy (non-hydrogen) atoms. The highest BCUT2D eigenvalue weighted by molar-refractivity contribution is 7.90. The molecule has 1 aromatic heterocycles. The minimum atomic E-state index is -3.23. The van der Waals surface area contributed by atoms with Crippen molar-refractivity contribution in [2.24, 2.45) is 0 Å². The predicted molar refractivity (Wildman–Crippen MR) is 72.4 cm³/mol. The zero-order valence-electron chi connectivity index (χ0n) is 10.6. The molecular formula is C12H16N2O4S. The molecule has 0 bridgehead atoms. The van der Waals surface area contributed by atoms with E-state index in [1.54, 1.807) is 18.2 Å². The van der Waals surface area contributed by atoms with Crippen LogP contribution in [0.15, 0.2) is 22.6 Å². The Balaban J connectivity index is 2.12. The van der Waals surface area contributed by atoms with E-state index >= 15 is 0 Å². The van der Waals surface area contributed by atoms with E-state index in [0.29, 0.717) is 29.8 Å². The highest BCUT2D eigenvalue weighted by Gasteiger charge is 2.16. The van der Waals surface area contributed by atoms with Crippen LogP contribution >= 0.6 is 0 Å². The largest absolute Gasteiger partial charge is 0.440 e. The summed E-state index contributed by atoms with van der Waals surface area (Å²) in [6.07, 6.45) is 0.464. The molecule has 0 aliphatic carbocycles. The van der Waals surface area contributed by atoms with E-state index in [9.17, 15) is 8.42 Å². The summed E-state index contributed by atoms with van der Waals surface area (Å²) < 4.78 is 33.9. The van der Waals surface area contributed by atoms with Crippen molar-refractivity contribution in [3.63, 3.8) is 0 Å². The third-order valence-corrected chi connectivity index (χ3v) is 4.20. The molecule has 0 saturated heterocycles. The van der Waals surface area contributed by atoms with Crippen molar-refractivity contribution in [2.75, 3.05) is 25.2 Å². The second kappa shape index (κ2) is 5.58. The van der Waals surface area contributed by atoms with Gasteiger partial charge in [0.2, 0.25) is 5.89 Å². The number of methoxy groups -OCH3 is 1. The number of aromatic nitrogens is 1. The molecule has 0 spiro atoms. The SMILES string of the molecule is COCCCS(=O)(=O)Cc1nc2ccc(N)cc2o1. The monoisotopic (exact) mass is 284 g/mol. The van der Waals surface area contributed by atoms with E-state index in [4.69, 9.17) is 14.9 Å². The van der Waals surface area contributed by atoms with Gasteiger partial charge in [0, 0.05) is 25.5 Å². The molecule has 0 radical (unpaired) electrons. The predicted octanol–water partition coefficient (Wildman–Crippen LogP) is 1.36. The van der Waals surface area contributed by atoms with Gasteiger partial charge in [0.15, 0.2) is 15.4 Å². The van der Waals surface area contributed by atoms with Crippen molar-refractivity contribution in [3.8, 4) is 0 Å². The number of hydrogen-bond acceptors (Lipinski definition) is 6. The molecule has 0 aliphatic rings. The third kappa shape index (κ3) is 3.68. The van der Waals surface area contributed by atoms with Gasteiger partial charge < -0.3 is 14.9 Å². The normalized spacial score (nSPS) is 12.1. The van der Waals surface area contributed by atoms with Crippen LogP contribution in [0, 0.1) is 0 Å². The van der Waals surface area contributed by atoms with E-state index in [1.165, 1.54) is 7.11 Å². The topological polar surface area (TPSA) is 95.4 Å². The lowest BCUT2D eigenvalue weighted by Gasteiger charge is -2.00. The molecule has 0 fully saturated rings. The second-order valence-electron chi connectivity index (χ2n) is 4.27. The fourth-order valence-electron chi connectivity index (χ4n) is 1.73. The Bertz CT molecular complexity index is 663. The number of sulfone groups is 1. The number of benzene rings is 1. The lowest BCUT2D eigenvalue weighted by molar-refractivity contribution is 0.199. The number of fused-ring (bicyclic) bond motifs is 1. The van der Waals surface area contributed by atoms with Gasteiger partial charge in [-0.3, -0.25) is 0 Å². The Morgan fingerprint density at radius 2 is 2.21 bits per heavy atom. The lowest BCUT2D eigenvalue weighted by atomic mass is 10.3. The summed E-state index contributed by atoms with van der Waals surface area (Å²) >= 11 is 0. The fraction of sp³-hybridized carbons (Fsp3) is 0.417. The first-order valence-electron chi connectivity index (χ1n) is 5.84. The van der Waals surface area contributed by atoms with E-state index in [2.05, 4.69) is 4.98 Å². The number of anilines is 1. The van der Waals surface area contributed by atoms with Gasteiger partial charge in [-0.1, -0.05) is 0 Å². The van der Waals surface area contributed by atoms with Gasteiger partial charge in [-0.15, -0.1) is 0 Å². The Kier molecular flexibility index (Phi) is 4.06. The average Bonchev–Trinajstić information content (AvgIpc) is 2.69. The Labute approximate surface area is 111 Å². The molecule has 2 aromatic rings. The van der Waals surface area contributed by atoms with E-state index in [-0.39, 0.29) is 17.4 Å². The number of oxazole rings is 1. The van der Waals surface area contributed by atoms with Crippen molar-refractivity contribution in [3.05, 3.63) is 24.1 Å². The molecule has 1 aromatic carbocycles. The number of nitrogen functional groups attached to an aromatic ring is 1. The van der Waals surface area contributed by atoms with Crippen LogP contribution in [0.4, 0.5) is 5.69 Å². The van der Waals surface area contributed by atoms with E-state index in [1.807, 2.05) is 0 Å². The maximum absolute atomic E-state index is 11.8. The van der Waals surface area contributed by atoms with Gasteiger partial charge in [-0.25, -0.2) is 13.4 Å². The van der Waals surface area contributed by atoms with Crippen LogP contribution < -0.4 is 5.73 Å². The summed E-state index contributed by atoms with van der Waals surface area (Å²) in [6, 6.07) is 5.03. The maximum atomic E-state index is 11.8. The van der Waals surface area contributed by atoms with Crippen LogP contribution in [-0.2, 0) is 20.3 Å². The summed E-state index contributed by atoms with van der Waals surface area (Å²) in [5.74, 6) is 0.0468. The molecule has 0 atom stereocenters. The van der Waals surface area contributed by atoms with Crippen LogP contribution in [-0.4, -0.2) is 32.9 Å². The van der Waals surface area contributed by atoms with Gasteiger partial charge in [-0.2, -0.15) is 0 Å². The van der Waals surface area contributed by atoms with Crippen molar-refractivity contribution < 1.29 is 17.6 Å². The first-order valence-corrected chi connectivity index (χ1v) is 7.66. The minimum absolute atomic E-state index is 0.0572. The smallest absolute Gasteiger partial charge is 0.210 e. The molecule has 0 aliphatic heterocycles. The zero-order valence-corrected chi connectivity index (χ0v) is 11.4. The highest BCUT2D eigenvalue weighted by atomic mass is 32.2. The summed E-state index contributed by atoms with van der Waals surface area (Å²) in [5.41, 5.74) is 7.28. The standard InChI is InChI=1S/C12H16N2O4S/c1-17-5-2-6-19(15,16)8-12-14-10-4-3-9(13)7-11(10)18-12/h3-4,7H,2,5-6,8,13H2,1H3. The Hall–Kier alpha value is -1.60. The molecule has 7 heteroatoms. The van der Waals surface area contributed by atoms with Crippen molar-refractivity contribution in [1.82, 2.24) is 4.98 Å². The number of nitrogens with two attached hydrogens (primary N) is 1. The second-order valence-corrected chi connectivity index (χ2v) is 6.46. The summed E-state index contributed by atoms with van der Waals surface area (Å²) in [5, 5.41) is 0. The zero-order chi connectivity index (χ0) is 13.9. The minimum Gasteiger partial charge on any atom is -0.440 e. The lowest BCUT2D eigenvalue weighted by Crippen LogP contribution is -2.11. The summed E-state index contributed by atoms with van der Waals surface area (Å²) in [4.78, 5) is 4.13. The Morgan fingerprint density at radius 3 is 2.95 bits per heavy atom. The number of hydrogen-bond donors (Lipinski definition) is 1. The van der Waals surface area contributed by atoms with Gasteiger partial charge in [-0.05, 0) is 18.6 Å². The molecule has 2 rings (SSSR count). The molecule has 104 valence electrons. The van der Waals surface area contributed by atoms with Crippen LogP contribution in [0.5, 0.6) is 0 Å². The van der Waals surface area contributed by atoms with Crippen LogP contribution in [0.3, 0.4) is 0 Å². The molecule has 6 nitrogen and oxygen atoms in total. The van der Waals surface area contributed by atoms with Crippen molar-refractivity contribution in [1.29, 1.82) is 0 Å². The van der Waals surface area contributed by atoms with E-state index in [0.717, 1.165) is 0 Å². The summed E-state index contributed by atoms with van der Waals surface area (Å²) in [6.45, 7) is 0.420. The molecule has 2 N–H and O–H groups in total. The average molecular weight is 284 g/mol. The number of ether oxygens (including phenoxy) is 1. The summed E-state index contributed by atoms with van der Waals surface area (Å²) in [7, 11) is -1.69. The van der Waals surface area contributed by atoms with Crippen LogP contribution in [0.1, 0.15) is 12.3 Å². The molecule has 0 saturated carbocycles. The Morgan fingerprint density at radius 1 is 1.42 bits per heavy atom. The quantitative estimate of drug-likeness (QED) is 0.635. The van der Waals surface area contributed by atoms with Gasteiger partial charge in [0.25, 0.3) is 0 Å². The number of rotatable bonds is 6. The van der Waals surface area contributed by atoms with Gasteiger partial charge >= 0.3 is 0 Å². The first-order chi connectivity index (χ1) is 9.00. The first kappa shape index (κ1) is 13.8. The fourth-order valence-corrected chi connectivity index (χ4v) is 2.94. The van der Waals surface area contributed by atoms with E-state index < -0.39 is 9.84 Å². The molecule has 1 heterocycles. The van der Waals surface area contributed by atoms with Crippen LogP contribution in [0.2, 0.25) is 0 Å². The van der Waals surface area contributed by atoms with Gasteiger partial charge in [0.05, 0.1) is 5.75 Å². The molecular weight excluding hydrogens is 268 g/mol. The molecule has 0 amide bonds.